The summed E-state index contributed by atoms with van der Waals surface area (Å²) in [6, 6.07) is 1.33. The van der Waals surface area contributed by atoms with Crippen LogP contribution in [0.4, 0.5) is 0 Å². The number of aromatic hydroxyl groups is 1. The van der Waals surface area contributed by atoms with Crippen LogP contribution in [0.15, 0.2) is 6.07 Å². The van der Waals surface area contributed by atoms with Crippen LogP contribution in [-0.4, -0.2) is 28.9 Å². The first-order valence-corrected chi connectivity index (χ1v) is 7.01. The van der Waals surface area contributed by atoms with Crippen LogP contribution >= 0.6 is 11.6 Å². The summed E-state index contributed by atoms with van der Waals surface area (Å²) >= 11 is 6.17. The molecule has 1 aromatic carbocycles. The number of ether oxygens (including phenoxy) is 2. The second kappa shape index (κ2) is 6.22. The van der Waals surface area contributed by atoms with Crippen LogP contribution in [0.3, 0.4) is 0 Å². The fourth-order valence-electron chi connectivity index (χ4n) is 2.21. The molecule has 21 heavy (non-hydrogen) atoms. The van der Waals surface area contributed by atoms with E-state index in [-0.39, 0.29) is 11.5 Å². The maximum atomic E-state index is 10.0. The SMILES string of the molecule is CCCCn1c(O)nc2c(Cl)cc(OC)c(OC)c2c1=N. The van der Waals surface area contributed by atoms with Crippen molar-refractivity contribution in [2.45, 2.75) is 26.3 Å². The lowest BCUT2D eigenvalue weighted by atomic mass is 10.2. The molecule has 0 aliphatic carbocycles. The standard InChI is InChI=1S/C14H18ClN3O3/c1-4-5-6-18-13(16)10-11(17-14(18)19)8(15)7-9(20-2)12(10)21-3/h7,16H,4-6H2,1-3H3,(H,17,19). The molecule has 0 fully saturated rings. The molecule has 0 aliphatic rings. The molecule has 0 saturated heterocycles. The Balaban J connectivity index is 2.85. The maximum Gasteiger partial charge on any atom is 0.295 e. The molecule has 6 nitrogen and oxygen atoms in total. The van der Waals surface area contributed by atoms with E-state index >= 15 is 0 Å². The highest BCUT2D eigenvalue weighted by Gasteiger charge is 2.18. The molecule has 0 spiro atoms. The Bertz CT molecular complexity index is 728. The number of halogens is 1. The minimum Gasteiger partial charge on any atom is -0.493 e. The minimum atomic E-state index is -0.227. The molecule has 2 N–H and O–H groups in total. The lowest BCUT2D eigenvalue weighted by Gasteiger charge is -2.15. The van der Waals surface area contributed by atoms with Gasteiger partial charge in [0.15, 0.2) is 11.5 Å². The van der Waals surface area contributed by atoms with Crippen molar-refractivity contribution in [1.29, 1.82) is 5.41 Å². The molecule has 1 aromatic heterocycles. The fraction of sp³-hybridized carbons (Fsp3) is 0.429. The summed E-state index contributed by atoms with van der Waals surface area (Å²) in [7, 11) is 3.00. The molecule has 0 aliphatic heterocycles. The van der Waals surface area contributed by atoms with Gasteiger partial charge in [-0.1, -0.05) is 24.9 Å². The molecule has 114 valence electrons. The van der Waals surface area contributed by atoms with Gasteiger partial charge in [-0.05, 0) is 6.42 Å². The van der Waals surface area contributed by atoms with Gasteiger partial charge >= 0.3 is 0 Å². The summed E-state index contributed by atoms with van der Waals surface area (Å²) in [5.41, 5.74) is 0.424. The first kappa shape index (κ1) is 15.4. The van der Waals surface area contributed by atoms with Crippen LogP contribution in [0, 0.1) is 5.41 Å². The topological polar surface area (TPSA) is 80.4 Å². The van der Waals surface area contributed by atoms with E-state index in [2.05, 4.69) is 4.98 Å². The van der Waals surface area contributed by atoms with E-state index < -0.39 is 0 Å². The van der Waals surface area contributed by atoms with Crippen molar-refractivity contribution in [2.75, 3.05) is 14.2 Å². The number of unbranched alkanes of at least 4 members (excludes halogenated alkanes) is 1. The van der Waals surface area contributed by atoms with Crippen LogP contribution in [-0.2, 0) is 6.54 Å². The molecular formula is C14H18ClN3O3. The Morgan fingerprint density at radius 1 is 1.38 bits per heavy atom. The zero-order valence-electron chi connectivity index (χ0n) is 12.2. The normalized spacial score (nSPS) is 10.9. The van der Waals surface area contributed by atoms with E-state index in [0.717, 1.165) is 12.8 Å². The average molecular weight is 312 g/mol. The number of nitrogens with zero attached hydrogens (tertiary/aromatic N) is 2. The molecule has 1 heterocycles. The monoisotopic (exact) mass is 311 g/mol. The number of aromatic nitrogens is 2. The van der Waals surface area contributed by atoms with Crippen molar-refractivity contribution in [1.82, 2.24) is 9.55 Å². The average Bonchev–Trinajstić information content (AvgIpc) is 2.47. The summed E-state index contributed by atoms with van der Waals surface area (Å²) in [5.74, 6) is 0.817. The quantitative estimate of drug-likeness (QED) is 0.889. The summed E-state index contributed by atoms with van der Waals surface area (Å²) in [6.07, 6.45) is 1.78. The van der Waals surface area contributed by atoms with E-state index in [0.29, 0.717) is 34.0 Å². The molecule has 7 heteroatoms. The Morgan fingerprint density at radius 3 is 2.67 bits per heavy atom. The summed E-state index contributed by atoms with van der Waals surface area (Å²) in [5, 5.41) is 19.1. The van der Waals surface area contributed by atoms with Crippen molar-refractivity contribution in [3.63, 3.8) is 0 Å². The second-order valence-electron chi connectivity index (χ2n) is 4.58. The summed E-state index contributed by atoms with van der Waals surface area (Å²) < 4.78 is 12.0. The van der Waals surface area contributed by atoms with Gasteiger partial charge in [0, 0.05) is 12.6 Å². The maximum absolute atomic E-state index is 10.0. The molecule has 0 saturated carbocycles. The number of benzene rings is 1. The third kappa shape index (κ3) is 2.63. The van der Waals surface area contributed by atoms with Crippen LogP contribution in [0.5, 0.6) is 17.5 Å². The van der Waals surface area contributed by atoms with Crippen LogP contribution < -0.4 is 15.0 Å². The van der Waals surface area contributed by atoms with Crippen molar-refractivity contribution in [2.24, 2.45) is 0 Å². The van der Waals surface area contributed by atoms with Crippen LogP contribution in [0.2, 0.25) is 5.02 Å². The van der Waals surface area contributed by atoms with Gasteiger partial charge in [0.05, 0.1) is 24.6 Å². The molecule has 0 amide bonds. The zero-order valence-corrected chi connectivity index (χ0v) is 13.0. The third-order valence-corrected chi connectivity index (χ3v) is 3.58. The predicted octanol–water partition coefficient (Wildman–Crippen LogP) is 2.69. The van der Waals surface area contributed by atoms with Crippen molar-refractivity contribution in [3.05, 3.63) is 16.6 Å². The Labute approximate surface area is 127 Å². The second-order valence-corrected chi connectivity index (χ2v) is 4.99. The van der Waals surface area contributed by atoms with E-state index in [4.69, 9.17) is 26.5 Å². The predicted molar refractivity (Wildman–Crippen MR) is 80.3 cm³/mol. The highest BCUT2D eigenvalue weighted by atomic mass is 35.5. The number of rotatable bonds is 5. The van der Waals surface area contributed by atoms with Crippen molar-refractivity contribution < 1.29 is 14.6 Å². The lowest BCUT2D eigenvalue weighted by molar-refractivity contribution is 0.356. The van der Waals surface area contributed by atoms with Gasteiger partial charge in [0.2, 0.25) is 0 Å². The number of hydrogen-bond donors (Lipinski definition) is 2. The first-order valence-electron chi connectivity index (χ1n) is 6.63. The molecular weight excluding hydrogens is 294 g/mol. The minimum absolute atomic E-state index is 0.101. The Kier molecular flexibility index (Phi) is 4.57. The Morgan fingerprint density at radius 2 is 2.10 bits per heavy atom. The fourth-order valence-corrected chi connectivity index (χ4v) is 2.44. The van der Waals surface area contributed by atoms with Crippen LogP contribution in [0.25, 0.3) is 10.9 Å². The molecule has 0 atom stereocenters. The number of fused-ring (bicyclic) bond motifs is 1. The van der Waals surface area contributed by atoms with Crippen molar-refractivity contribution >= 4 is 22.5 Å². The van der Waals surface area contributed by atoms with Crippen LogP contribution in [0.1, 0.15) is 19.8 Å². The first-order chi connectivity index (χ1) is 10.0. The summed E-state index contributed by atoms with van der Waals surface area (Å²) in [4.78, 5) is 4.10. The molecule has 0 bridgehead atoms. The smallest absolute Gasteiger partial charge is 0.295 e. The molecule has 0 radical (unpaired) electrons. The number of nitrogens with one attached hydrogen (secondary N) is 1. The van der Waals surface area contributed by atoms with Gasteiger partial charge in [-0.15, -0.1) is 0 Å². The van der Waals surface area contributed by atoms with Gasteiger partial charge in [-0.2, -0.15) is 4.98 Å². The number of methoxy groups -OCH3 is 2. The van der Waals surface area contributed by atoms with Gasteiger partial charge < -0.3 is 14.6 Å². The van der Waals surface area contributed by atoms with Gasteiger partial charge in [0.25, 0.3) is 6.01 Å². The summed E-state index contributed by atoms with van der Waals surface area (Å²) in [6.45, 7) is 2.54. The number of hydrogen-bond acceptors (Lipinski definition) is 5. The zero-order chi connectivity index (χ0) is 15.6. The van der Waals surface area contributed by atoms with Gasteiger partial charge in [-0.25, -0.2) is 0 Å². The molecule has 2 rings (SSSR count). The van der Waals surface area contributed by atoms with E-state index in [1.807, 2.05) is 6.92 Å². The van der Waals surface area contributed by atoms with Gasteiger partial charge in [-0.3, -0.25) is 9.98 Å². The third-order valence-electron chi connectivity index (χ3n) is 3.29. The Hall–Kier alpha value is -1.95. The van der Waals surface area contributed by atoms with E-state index in [9.17, 15) is 5.11 Å². The largest absolute Gasteiger partial charge is 0.493 e. The lowest BCUT2D eigenvalue weighted by Crippen LogP contribution is -2.22. The van der Waals surface area contributed by atoms with Crippen molar-refractivity contribution in [3.8, 4) is 17.5 Å². The van der Waals surface area contributed by atoms with Gasteiger partial charge in [0.1, 0.15) is 11.0 Å². The van der Waals surface area contributed by atoms with E-state index in [1.165, 1.54) is 18.8 Å². The molecule has 2 aromatic rings. The highest BCUT2D eigenvalue weighted by molar-refractivity contribution is 6.35. The highest BCUT2D eigenvalue weighted by Crippen LogP contribution is 2.37. The van der Waals surface area contributed by atoms with E-state index in [1.54, 1.807) is 6.07 Å². The molecule has 0 unspecified atom stereocenters.